The molecule has 0 radical (unpaired) electrons. The minimum Gasteiger partial charge on any atom is -0.398 e. The van der Waals surface area contributed by atoms with Crippen LogP contribution >= 0.6 is 0 Å². The molecule has 3 rings (SSSR count). The molecular formula is C23H27N3O2Si. The third-order valence-electron chi connectivity index (χ3n) is 4.83. The maximum Gasteiger partial charge on any atom is 0.263 e. The summed E-state index contributed by atoms with van der Waals surface area (Å²) in [7, 11) is -2.72. The van der Waals surface area contributed by atoms with Gasteiger partial charge < -0.3 is 4.43 Å². The van der Waals surface area contributed by atoms with E-state index in [1.807, 2.05) is 48.5 Å². The fourth-order valence-electron chi connectivity index (χ4n) is 3.54. The Kier molecular flexibility index (Phi) is 6.46. The molecule has 2 N–H and O–H groups in total. The van der Waals surface area contributed by atoms with Gasteiger partial charge in [0.05, 0.1) is 0 Å². The van der Waals surface area contributed by atoms with Gasteiger partial charge in [-0.1, -0.05) is 87.5 Å². The molecule has 29 heavy (non-hydrogen) atoms. The highest BCUT2D eigenvalue weighted by molar-refractivity contribution is 6.99. The first-order valence-electron chi connectivity index (χ1n) is 9.64. The molecule has 0 aliphatic carbocycles. The van der Waals surface area contributed by atoms with E-state index in [2.05, 4.69) is 60.9 Å². The predicted octanol–water partition coefficient (Wildman–Crippen LogP) is 3.10. The van der Waals surface area contributed by atoms with Gasteiger partial charge in [0.2, 0.25) is 0 Å². The number of anilines is 1. The number of amides is 1. The van der Waals surface area contributed by atoms with Crippen molar-refractivity contribution in [3.05, 3.63) is 85.1 Å². The standard InChI is InChI=1S/C23H27N3O2Si/c1-23(2,3)29(19-12-6-4-7-13-19,20-14-8-5-9-15-20)28-18-22(27)26-25-21-16-10-11-17-24-21/h4-17H,18H2,1-3H3,(H,24,25)(H,26,27). The highest BCUT2D eigenvalue weighted by Gasteiger charge is 2.50. The third-order valence-corrected chi connectivity index (χ3v) is 9.81. The number of hydrogen-bond acceptors (Lipinski definition) is 4. The lowest BCUT2D eigenvalue weighted by atomic mass is 10.2. The zero-order valence-corrected chi connectivity index (χ0v) is 18.1. The first kappa shape index (κ1) is 20.8. The van der Waals surface area contributed by atoms with Gasteiger partial charge in [0.1, 0.15) is 12.4 Å². The van der Waals surface area contributed by atoms with Crippen LogP contribution in [0.4, 0.5) is 5.82 Å². The summed E-state index contributed by atoms with van der Waals surface area (Å²) in [5, 5.41) is 2.11. The Labute approximate surface area is 173 Å². The molecule has 6 heteroatoms. The second-order valence-electron chi connectivity index (χ2n) is 7.84. The van der Waals surface area contributed by atoms with Crippen LogP contribution in [-0.4, -0.2) is 25.8 Å². The fraction of sp³-hybridized carbons (Fsp3) is 0.217. The van der Waals surface area contributed by atoms with E-state index in [0.717, 1.165) is 10.4 Å². The molecule has 0 atom stereocenters. The molecule has 0 saturated heterocycles. The normalized spacial score (nSPS) is 11.7. The van der Waals surface area contributed by atoms with E-state index in [4.69, 9.17) is 4.43 Å². The van der Waals surface area contributed by atoms with Gasteiger partial charge in [0, 0.05) is 6.20 Å². The van der Waals surface area contributed by atoms with Gasteiger partial charge in [-0.3, -0.25) is 15.6 Å². The number of aromatic nitrogens is 1. The Balaban J connectivity index is 1.86. The summed E-state index contributed by atoms with van der Waals surface area (Å²) in [6.45, 7) is 6.50. The topological polar surface area (TPSA) is 63.2 Å². The van der Waals surface area contributed by atoms with E-state index in [0.29, 0.717) is 5.82 Å². The Hall–Kier alpha value is -2.96. The summed E-state index contributed by atoms with van der Waals surface area (Å²) in [6.07, 6.45) is 1.66. The van der Waals surface area contributed by atoms with E-state index >= 15 is 0 Å². The average molecular weight is 406 g/mol. The second kappa shape index (κ2) is 9.02. The van der Waals surface area contributed by atoms with Crippen LogP contribution < -0.4 is 21.2 Å². The van der Waals surface area contributed by atoms with E-state index in [9.17, 15) is 4.79 Å². The van der Waals surface area contributed by atoms with Gasteiger partial charge in [0.25, 0.3) is 14.2 Å². The van der Waals surface area contributed by atoms with Crippen LogP contribution in [-0.2, 0) is 9.22 Å². The zero-order chi connectivity index (χ0) is 20.7. The molecule has 0 fully saturated rings. The van der Waals surface area contributed by atoms with Crippen LogP contribution in [0.2, 0.25) is 5.04 Å². The number of rotatable bonds is 7. The quantitative estimate of drug-likeness (QED) is 0.468. The lowest BCUT2D eigenvalue weighted by molar-refractivity contribution is -0.122. The number of nitrogens with zero attached hydrogens (tertiary/aromatic N) is 1. The van der Waals surface area contributed by atoms with Crippen molar-refractivity contribution in [3.63, 3.8) is 0 Å². The Morgan fingerprint density at radius 3 is 1.93 bits per heavy atom. The molecule has 0 aliphatic rings. The Morgan fingerprint density at radius 1 is 0.897 bits per heavy atom. The predicted molar refractivity (Wildman–Crippen MR) is 120 cm³/mol. The highest BCUT2D eigenvalue weighted by atomic mass is 28.4. The maximum absolute atomic E-state index is 12.5. The molecule has 0 aliphatic heterocycles. The first-order chi connectivity index (χ1) is 13.9. The van der Waals surface area contributed by atoms with Crippen LogP contribution in [0.25, 0.3) is 0 Å². The van der Waals surface area contributed by atoms with Crippen LogP contribution in [0, 0.1) is 0 Å². The van der Waals surface area contributed by atoms with Gasteiger partial charge in [-0.2, -0.15) is 0 Å². The third kappa shape index (κ3) is 4.72. The van der Waals surface area contributed by atoms with Gasteiger partial charge in [-0.15, -0.1) is 0 Å². The molecule has 1 heterocycles. The van der Waals surface area contributed by atoms with Crippen molar-refractivity contribution in [2.45, 2.75) is 25.8 Å². The SMILES string of the molecule is CC(C)(C)[Si](OCC(=O)NNc1ccccn1)(c1ccccc1)c1ccccc1. The van der Waals surface area contributed by atoms with E-state index in [1.165, 1.54) is 0 Å². The molecule has 3 aromatic rings. The van der Waals surface area contributed by atoms with Crippen molar-refractivity contribution < 1.29 is 9.22 Å². The molecule has 1 aromatic heterocycles. The maximum atomic E-state index is 12.5. The van der Waals surface area contributed by atoms with Gasteiger partial charge in [-0.05, 0) is 27.5 Å². The molecule has 0 bridgehead atoms. The van der Waals surface area contributed by atoms with E-state index in [1.54, 1.807) is 12.3 Å². The number of carbonyl (C=O) groups is 1. The fourth-order valence-corrected chi connectivity index (χ4v) is 8.04. The zero-order valence-electron chi connectivity index (χ0n) is 17.1. The molecule has 5 nitrogen and oxygen atoms in total. The van der Waals surface area contributed by atoms with Crippen LogP contribution in [0.3, 0.4) is 0 Å². The van der Waals surface area contributed by atoms with Crippen molar-refractivity contribution in [2.24, 2.45) is 0 Å². The highest BCUT2D eigenvalue weighted by Crippen LogP contribution is 2.36. The summed E-state index contributed by atoms with van der Waals surface area (Å²) >= 11 is 0. The van der Waals surface area contributed by atoms with Crippen molar-refractivity contribution in [2.75, 3.05) is 12.0 Å². The lowest BCUT2D eigenvalue weighted by Crippen LogP contribution is -2.67. The van der Waals surface area contributed by atoms with Crippen LogP contribution in [0.1, 0.15) is 20.8 Å². The number of pyridine rings is 1. The number of benzene rings is 2. The summed E-state index contributed by atoms with van der Waals surface area (Å²) in [5.74, 6) is 0.329. The first-order valence-corrected chi connectivity index (χ1v) is 11.6. The van der Waals surface area contributed by atoms with Crippen molar-refractivity contribution in [1.82, 2.24) is 10.4 Å². The van der Waals surface area contributed by atoms with Crippen molar-refractivity contribution >= 4 is 30.4 Å². The van der Waals surface area contributed by atoms with Crippen molar-refractivity contribution in [3.8, 4) is 0 Å². The minimum atomic E-state index is -2.72. The summed E-state index contributed by atoms with van der Waals surface area (Å²) in [6, 6.07) is 26.0. The summed E-state index contributed by atoms with van der Waals surface area (Å²) in [4.78, 5) is 16.7. The molecule has 0 saturated carbocycles. The molecule has 1 amide bonds. The number of hydrogen-bond donors (Lipinski definition) is 2. The molecule has 2 aromatic carbocycles. The molecule has 0 unspecified atom stereocenters. The van der Waals surface area contributed by atoms with E-state index in [-0.39, 0.29) is 17.6 Å². The molecule has 0 spiro atoms. The van der Waals surface area contributed by atoms with E-state index < -0.39 is 8.32 Å². The average Bonchev–Trinajstić information content (AvgIpc) is 2.74. The minimum absolute atomic E-state index is 0.0485. The largest absolute Gasteiger partial charge is 0.398 e. The number of carbonyl (C=O) groups excluding carboxylic acids is 1. The van der Waals surface area contributed by atoms with Crippen LogP contribution in [0.5, 0.6) is 0 Å². The Bertz CT molecular complexity index is 874. The van der Waals surface area contributed by atoms with Crippen molar-refractivity contribution in [1.29, 1.82) is 0 Å². The lowest BCUT2D eigenvalue weighted by Gasteiger charge is -2.42. The number of hydrazine groups is 1. The number of nitrogens with one attached hydrogen (secondary N) is 2. The van der Waals surface area contributed by atoms with Crippen LogP contribution in [0.15, 0.2) is 85.1 Å². The molecular weight excluding hydrogens is 378 g/mol. The summed E-state index contributed by atoms with van der Waals surface area (Å²) in [5.41, 5.74) is 5.50. The van der Waals surface area contributed by atoms with Gasteiger partial charge >= 0.3 is 0 Å². The van der Waals surface area contributed by atoms with Gasteiger partial charge in [-0.25, -0.2) is 4.98 Å². The summed E-state index contributed by atoms with van der Waals surface area (Å²) < 4.78 is 6.58. The monoisotopic (exact) mass is 405 g/mol. The smallest absolute Gasteiger partial charge is 0.263 e. The second-order valence-corrected chi connectivity index (χ2v) is 12.1. The Morgan fingerprint density at radius 2 is 1.45 bits per heavy atom. The molecule has 150 valence electrons. The van der Waals surface area contributed by atoms with Gasteiger partial charge in [0.15, 0.2) is 0 Å².